The molecule has 1 unspecified atom stereocenters. The summed E-state index contributed by atoms with van der Waals surface area (Å²) in [4.78, 5) is 16.1. The minimum atomic E-state index is -2.77. The molecule has 0 bridgehead atoms. The monoisotopic (exact) mass is 424 g/mol. The molecule has 1 heterocycles. The van der Waals surface area contributed by atoms with Gasteiger partial charge in [-0.2, -0.15) is 4.98 Å². The van der Waals surface area contributed by atoms with Gasteiger partial charge in [0.05, 0.1) is 6.61 Å². The summed E-state index contributed by atoms with van der Waals surface area (Å²) in [6.45, 7) is 10.5. The fourth-order valence-electron chi connectivity index (χ4n) is 3.68. The van der Waals surface area contributed by atoms with Gasteiger partial charge in [-0.15, -0.1) is 0 Å². The molecule has 3 aromatic rings. The second kappa shape index (κ2) is 8.93. The molecule has 6 nitrogen and oxygen atoms in total. The van der Waals surface area contributed by atoms with Crippen LogP contribution in [0.2, 0.25) is 5.04 Å². The largest absolute Gasteiger partial charge is 0.459 e. The van der Waals surface area contributed by atoms with E-state index >= 15 is 0 Å². The molecular weight excluding hydrogens is 396 g/mol. The molecule has 0 saturated heterocycles. The molecule has 0 aliphatic rings. The maximum absolute atomic E-state index is 11.9. The zero-order valence-electron chi connectivity index (χ0n) is 18.1. The van der Waals surface area contributed by atoms with Gasteiger partial charge in [0.1, 0.15) is 6.10 Å². The summed E-state index contributed by atoms with van der Waals surface area (Å²) in [6.07, 6.45) is -0.483. The lowest BCUT2D eigenvalue weighted by Crippen LogP contribution is -2.66. The second-order valence-electron chi connectivity index (χ2n) is 8.10. The molecule has 0 saturated carbocycles. The van der Waals surface area contributed by atoms with Crippen LogP contribution in [-0.4, -0.2) is 31.0 Å². The Balaban J connectivity index is 2.06. The molecular formula is C23H28N2O4Si. The lowest BCUT2D eigenvalue weighted by Gasteiger charge is -2.44. The van der Waals surface area contributed by atoms with E-state index in [1.165, 1.54) is 0 Å². The quantitative estimate of drug-likeness (QED) is 0.423. The standard InChI is InChI=1S/C23H28N2O4Si/c1-6-27-22(26)21-24-20(25-28-21)17(2)29-30(23(3,4)5,18-13-9-7-10-14-18)19-15-11-8-12-16-19/h7-17H,6H2,1-5H3. The van der Waals surface area contributed by atoms with Gasteiger partial charge in [-0.3, -0.25) is 0 Å². The fourth-order valence-corrected chi connectivity index (χ4v) is 8.34. The van der Waals surface area contributed by atoms with E-state index in [0.717, 1.165) is 10.4 Å². The molecule has 158 valence electrons. The van der Waals surface area contributed by atoms with Gasteiger partial charge in [0.25, 0.3) is 8.32 Å². The topological polar surface area (TPSA) is 74.5 Å². The maximum Gasteiger partial charge on any atom is 0.397 e. The zero-order valence-corrected chi connectivity index (χ0v) is 19.1. The zero-order chi connectivity index (χ0) is 21.8. The van der Waals surface area contributed by atoms with Crippen LogP contribution in [-0.2, 0) is 9.16 Å². The molecule has 0 N–H and O–H groups in total. The third kappa shape index (κ3) is 4.22. The van der Waals surface area contributed by atoms with E-state index < -0.39 is 20.4 Å². The number of ether oxygens (including phenoxy) is 1. The Labute approximate surface area is 178 Å². The van der Waals surface area contributed by atoms with Crippen molar-refractivity contribution in [2.45, 2.75) is 45.8 Å². The number of carbonyl (C=O) groups is 1. The normalized spacial score (nSPS) is 13.1. The maximum atomic E-state index is 11.9. The molecule has 2 aromatic carbocycles. The number of aromatic nitrogens is 2. The van der Waals surface area contributed by atoms with Crippen molar-refractivity contribution in [3.63, 3.8) is 0 Å². The highest BCUT2D eigenvalue weighted by Gasteiger charge is 2.51. The van der Waals surface area contributed by atoms with Crippen molar-refractivity contribution in [1.29, 1.82) is 0 Å². The summed E-state index contributed by atoms with van der Waals surface area (Å²) in [5, 5.41) is 6.11. The number of carbonyl (C=O) groups excluding carboxylic acids is 1. The van der Waals surface area contributed by atoms with Crippen LogP contribution in [0.4, 0.5) is 0 Å². The number of hydrogen-bond acceptors (Lipinski definition) is 6. The lowest BCUT2D eigenvalue weighted by molar-refractivity contribution is 0.0470. The summed E-state index contributed by atoms with van der Waals surface area (Å²) < 4.78 is 17.0. The van der Waals surface area contributed by atoms with Crippen LogP contribution in [0.15, 0.2) is 65.2 Å². The Hall–Kier alpha value is -2.77. The van der Waals surface area contributed by atoms with Gasteiger partial charge in [0, 0.05) is 0 Å². The Kier molecular flexibility index (Phi) is 6.53. The first kappa shape index (κ1) is 21.9. The Bertz CT molecular complexity index is 928. The van der Waals surface area contributed by atoms with Crippen LogP contribution in [0.3, 0.4) is 0 Å². The van der Waals surface area contributed by atoms with E-state index in [1.807, 2.05) is 43.3 Å². The van der Waals surface area contributed by atoms with Crippen LogP contribution >= 0.6 is 0 Å². The smallest absolute Gasteiger partial charge is 0.397 e. The average Bonchev–Trinajstić information content (AvgIpc) is 3.23. The number of rotatable bonds is 7. The van der Waals surface area contributed by atoms with Crippen molar-refractivity contribution in [3.8, 4) is 0 Å². The minimum absolute atomic E-state index is 0.162. The summed E-state index contributed by atoms with van der Waals surface area (Å²) in [5.74, 6) is -0.468. The molecule has 30 heavy (non-hydrogen) atoms. The predicted octanol–water partition coefficient (Wildman–Crippen LogP) is 3.88. The van der Waals surface area contributed by atoms with Crippen molar-refractivity contribution < 1.29 is 18.5 Å². The Morgan fingerprint density at radius 2 is 1.57 bits per heavy atom. The van der Waals surface area contributed by atoms with Gasteiger partial charge in [0.15, 0.2) is 5.82 Å². The SMILES string of the molecule is CCOC(=O)c1nc(C(C)O[Si](c2ccccc2)(c2ccccc2)C(C)(C)C)no1. The number of nitrogens with zero attached hydrogens (tertiary/aromatic N) is 2. The van der Waals surface area contributed by atoms with Crippen LogP contribution < -0.4 is 10.4 Å². The van der Waals surface area contributed by atoms with Crippen molar-refractivity contribution >= 4 is 24.7 Å². The molecule has 1 atom stereocenters. The van der Waals surface area contributed by atoms with E-state index in [1.54, 1.807) is 6.92 Å². The average molecular weight is 425 g/mol. The molecule has 0 aliphatic carbocycles. The second-order valence-corrected chi connectivity index (χ2v) is 12.4. The van der Waals surface area contributed by atoms with Crippen molar-refractivity contribution in [1.82, 2.24) is 10.1 Å². The van der Waals surface area contributed by atoms with Crippen LogP contribution in [0.5, 0.6) is 0 Å². The highest BCUT2D eigenvalue weighted by Crippen LogP contribution is 2.39. The first-order chi connectivity index (χ1) is 14.3. The van der Waals surface area contributed by atoms with Crippen LogP contribution in [0, 0.1) is 0 Å². The van der Waals surface area contributed by atoms with Gasteiger partial charge < -0.3 is 13.7 Å². The number of esters is 1. The molecule has 0 radical (unpaired) electrons. The number of benzene rings is 2. The van der Waals surface area contributed by atoms with Crippen LogP contribution in [0.25, 0.3) is 0 Å². The summed E-state index contributed by atoms with van der Waals surface area (Å²) in [5.41, 5.74) is 0. The van der Waals surface area contributed by atoms with Crippen molar-refractivity contribution in [2.75, 3.05) is 6.61 Å². The molecule has 0 aliphatic heterocycles. The van der Waals surface area contributed by atoms with E-state index in [4.69, 9.17) is 13.7 Å². The third-order valence-corrected chi connectivity index (χ3v) is 10.1. The molecule has 3 rings (SSSR count). The van der Waals surface area contributed by atoms with Crippen molar-refractivity contribution in [2.24, 2.45) is 0 Å². The molecule has 0 fully saturated rings. The highest BCUT2D eigenvalue weighted by molar-refractivity contribution is 6.99. The lowest BCUT2D eigenvalue weighted by atomic mass is 10.2. The number of hydrogen-bond donors (Lipinski definition) is 0. The third-order valence-electron chi connectivity index (χ3n) is 5.03. The first-order valence-corrected chi connectivity index (χ1v) is 12.0. The van der Waals surface area contributed by atoms with E-state index in [-0.39, 0.29) is 17.5 Å². The van der Waals surface area contributed by atoms with Crippen LogP contribution in [0.1, 0.15) is 57.2 Å². The van der Waals surface area contributed by atoms with E-state index in [2.05, 4.69) is 55.2 Å². The van der Waals surface area contributed by atoms with Gasteiger partial charge in [-0.05, 0) is 29.3 Å². The summed E-state index contributed by atoms with van der Waals surface area (Å²) in [7, 11) is -2.77. The first-order valence-electron chi connectivity index (χ1n) is 10.1. The van der Waals surface area contributed by atoms with Gasteiger partial charge >= 0.3 is 11.9 Å². The molecule has 0 spiro atoms. The summed E-state index contributed by atoms with van der Waals surface area (Å²) in [6, 6.07) is 20.6. The highest BCUT2D eigenvalue weighted by atomic mass is 28.4. The van der Waals surface area contributed by atoms with Gasteiger partial charge in [-0.25, -0.2) is 4.79 Å². The molecule has 7 heteroatoms. The van der Waals surface area contributed by atoms with Gasteiger partial charge in [0.2, 0.25) is 0 Å². The van der Waals surface area contributed by atoms with E-state index in [9.17, 15) is 4.79 Å². The van der Waals surface area contributed by atoms with Gasteiger partial charge in [-0.1, -0.05) is 86.6 Å². The minimum Gasteiger partial charge on any atom is -0.459 e. The predicted molar refractivity (Wildman–Crippen MR) is 117 cm³/mol. The van der Waals surface area contributed by atoms with Crippen molar-refractivity contribution in [3.05, 3.63) is 72.4 Å². The molecule has 0 amide bonds. The Morgan fingerprint density at radius 3 is 2.03 bits per heavy atom. The van der Waals surface area contributed by atoms with E-state index in [0.29, 0.717) is 5.82 Å². The summed E-state index contributed by atoms with van der Waals surface area (Å²) >= 11 is 0. The molecule has 1 aromatic heterocycles. The Morgan fingerprint density at radius 1 is 1.03 bits per heavy atom. The fraction of sp³-hybridized carbons (Fsp3) is 0.348.